The van der Waals surface area contributed by atoms with E-state index in [1.807, 2.05) is 18.2 Å². The van der Waals surface area contributed by atoms with Crippen molar-refractivity contribution in [1.82, 2.24) is 10.3 Å². The Labute approximate surface area is 145 Å². The lowest BCUT2D eigenvalue weighted by atomic mass is 9.87. The van der Waals surface area contributed by atoms with Crippen molar-refractivity contribution in [3.8, 4) is 0 Å². The van der Waals surface area contributed by atoms with Crippen LogP contribution in [0.25, 0.3) is 10.9 Å². The Morgan fingerprint density at radius 3 is 2.62 bits per heavy atom. The van der Waals surface area contributed by atoms with Crippen molar-refractivity contribution < 1.29 is 5.11 Å². The van der Waals surface area contributed by atoms with E-state index >= 15 is 0 Å². The lowest BCUT2D eigenvalue weighted by Crippen LogP contribution is -2.27. The molecule has 0 spiro atoms. The molecule has 3 heteroatoms. The average Bonchev–Trinajstić information content (AvgIpc) is 2.59. The fourth-order valence-electron chi connectivity index (χ4n) is 3.58. The molecule has 130 valence electrons. The van der Waals surface area contributed by atoms with Crippen LogP contribution in [0.5, 0.6) is 0 Å². The second-order valence-corrected chi connectivity index (χ2v) is 8.15. The van der Waals surface area contributed by atoms with Crippen molar-refractivity contribution >= 4 is 10.9 Å². The minimum Gasteiger partial charge on any atom is -0.388 e. The lowest BCUT2D eigenvalue weighted by Gasteiger charge is -2.25. The highest BCUT2D eigenvalue weighted by molar-refractivity contribution is 5.82. The molecule has 0 saturated carbocycles. The van der Waals surface area contributed by atoms with E-state index in [-0.39, 0.29) is 5.41 Å². The maximum absolute atomic E-state index is 10.9. The first kappa shape index (κ1) is 17.4. The summed E-state index contributed by atoms with van der Waals surface area (Å²) in [6.07, 6.45) is 4.00. The smallest absolute Gasteiger partial charge is 0.0797 e. The maximum Gasteiger partial charge on any atom is 0.0797 e. The molecule has 0 aliphatic carbocycles. The van der Waals surface area contributed by atoms with E-state index in [4.69, 9.17) is 4.98 Å². The number of aliphatic hydroxyl groups is 1. The van der Waals surface area contributed by atoms with Crippen LogP contribution < -0.4 is 5.32 Å². The summed E-state index contributed by atoms with van der Waals surface area (Å²) in [5, 5.41) is 15.4. The van der Waals surface area contributed by atoms with Gasteiger partial charge in [-0.15, -0.1) is 0 Å². The molecule has 1 aliphatic heterocycles. The Morgan fingerprint density at radius 2 is 1.92 bits per heavy atom. The fraction of sp³-hybridized carbons (Fsp3) is 0.571. The Kier molecular flexibility index (Phi) is 5.21. The molecule has 0 unspecified atom stereocenters. The highest BCUT2D eigenvalue weighted by Gasteiger charge is 2.21. The van der Waals surface area contributed by atoms with Crippen LogP contribution in [0.15, 0.2) is 30.3 Å². The predicted octanol–water partition coefficient (Wildman–Crippen LogP) is 4.35. The van der Waals surface area contributed by atoms with Crippen LogP contribution in [0, 0.1) is 5.92 Å². The molecule has 2 aromatic rings. The molecule has 1 saturated heterocycles. The zero-order valence-corrected chi connectivity index (χ0v) is 15.2. The van der Waals surface area contributed by atoms with Gasteiger partial charge in [-0.1, -0.05) is 39.0 Å². The van der Waals surface area contributed by atoms with E-state index in [1.165, 1.54) is 12.8 Å². The molecule has 1 fully saturated rings. The third kappa shape index (κ3) is 3.96. The molecule has 1 aromatic carbocycles. The first-order valence-corrected chi connectivity index (χ1v) is 9.24. The van der Waals surface area contributed by atoms with Crippen LogP contribution in [-0.4, -0.2) is 23.2 Å². The van der Waals surface area contributed by atoms with E-state index in [9.17, 15) is 5.11 Å². The molecule has 2 N–H and O–H groups in total. The van der Waals surface area contributed by atoms with Crippen molar-refractivity contribution in [3.63, 3.8) is 0 Å². The number of fused-ring (bicyclic) bond motifs is 1. The second-order valence-electron chi connectivity index (χ2n) is 8.15. The monoisotopic (exact) mass is 326 g/mol. The summed E-state index contributed by atoms with van der Waals surface area (Å²) in [5.41, 5.74) is 3.06. The number of aromatic nitrogens is 1. The minimum absolute atomic E-state index is 0.0203. The molecule has 3 rings (SSSR count). The predicted molar refractivity (Wildman–Crippen MR) is 100 cm³/mol. The van der Waals surface area contributed by atoms with Crippen LogP contribution in [0.4, 0.5) is 0 Å². The van der Waals surface area contributed by atoms with E-state index in [1.54, 1.807) is 0 Å². The van der Waals surface area contributed by atoms with Crippen LogP contribution >= 0.6 is 0 Å². The minimum atomic E-state index is -0.408. The van der Waals surface area contributed by atoms with Gasteiger partial charge < -0.3 is 10.4 Å². The Morgan fingerprint density at radius 1 is 1.21 bits per heavy atom. The molecule has 0 radical (unpaired) electrons. The average molecular weight is 326 g/mol. The largest absolute Gasteiger partial charge is 0.388 e. The van der Waals surface area contributed by atoms with Crippen LogP contribution in [0.2, 0.25) is 0 Å². The number of hydrogen-bond acceptors (Lipinski definition) is 3. The number of hydrogen-bond donors (Lipinski definition) is 2. The van der Waals surface area contributed by atoms with Gasteiger partial charge in [0.15, 0.2) is 0 Å². The Balaban J connectivity index is 1.85. The van der Waals surface area contributed by atoms with Gasteiger partial charge in [-0.2, -0.15) is 0 Å². The summed E-state index contributed by atoms with van der Waals surface area (Å²) in [6.45, 7) is 8.76. The third-order valence-electron chi connectivity index (χ3n) is 5.18. The lowest BCUT2D eigenvalue weighted by molar-refractivity contribution is 0.153. The van der Waals surface area contributed by atoms with Gasteiger partial charge in [0.2, 0.25) is 0 Å². The van der Waals surface area contributed by atoms with Crippen LogP contribution in [0.3, 0.4) is 0 Å². The summed E-state index contributed by atoms with van der Waals surface area (Å²) < 4.78 is 0. The summed E-state index contributed by atoms with van der Waals surface area (Å²) in [7, 11) is 0. The normalized spacial score (nSPS) is 18.0. The molecule has 1 atom stereocenters. The number of aliphatic hydroxyl groups excluding tert-OH is 1. The summed E-state index contributed by atoms with van der Waals surface area (Å²) in [4.78, 5) is 4.82. The van der Waals surface area contributed by atoms with Gasteiger partial charge in [-0.3, -0.25) is 4.98 Å². The van der Waals surface area contributed by atoms with Gasteiger partial charge >= 0.3 is 0 Å². The SMILES string of the molecule is CC(C)(C)c1cc([C@H](O)CCC2CCNCC2)c2ccccc2n1. The zero-order valence-electron chi connectivity index (χ0n) is 15.2. The Bertz CT molecular complexity index is 684. The van der Waals surface area contributed by atoms with Crippen molar-refractivity contribution in [1.29, 1.82) is 0 Å². The standard InChI is InChI=1S/C21H30N2O/c1-21(2,3)20-14-17(16-6-4-5-7-18(16)23-20)19(24)9-8-15-10-12-22-13-11-15/h4-7,14-15,19,22,24H,8-13H2,1-3H3/t19-/m1/s1. The molecule has 1 aromatic heterocycles. The van der Waals surface area contributed by atoms with E-state index in [0.29, 0.717) is 0 Å². The number of pyridine rings is 1. The van der Waals surface area contributed by atoms with E-state index in [2.05, 4.69) is 38.2 Å². The number of para-hydroxylation sites is 1. The Hall–Kier alpha value is -1.45. The summed E-state index contributed by atoms with van der Waals surface area (Å²) >= 11 is 0. The molecule has 2 heterocycles. The number of benzene rings is 1. The van der Waals surface area contributed by atoms with Crippen molar-refractivity contribution in [2.24, 2.45) is 5.92 Å². The molecule has 0 amide bonds. The molecule has 1 aliphatic rings. The fourth-order valence-corrected chi connectivity index (χ4v) is 3.58. The number of nitrogens with zero attached hydrogens (tertiary/aromatic N) is 1. The van der Waals surface area contributed by atoms with Gasteiger partial charge in [0.25, 0.3) is 0 Å². The maximum atomic E-state index is 10.9. The molecule has 3 nitrogen and oxygen atoms in total. The first-order chi connectivity index (χ1) is 11.4. The van der Waals surface area contributed by atoms with Crippen molar-refractivity contribution in [2.45, 2.75) is 58.0 Å². The topological polar surface area (TPSA) is 45.1 Å². The number of rotatable bonds is 4. The highest BCUT2D eigenvalue weighted by atomic mass is 16.3. The second kappa shape index (κ2) is 7.20. The summed E-state index contributed by atoms with van der Waals surface area (Å²) in [5.74, 6) is 0.746. The number of piperidine rings is 1. The third-order valence-corrected chi connectivity index (χ3v) is 5.18. The molecular weight excluding hydrogens is 296 g/mol. The molecule has 0 bridgehead atoms. The first-order valence-electron chi connectivity index (χ1n) is 9.24. The molecular formula is C21H30N2O. The van der Waals surface area contributed by atoms with Gasteiger partial charge in [-0.05, 0) is 62.4 Å². The van der Waals surface area contributed by atoms with Gasteiger partial charge in [-0.25, -0.2) is 0 Å². The van der Waals surface area contributed by atoms with Gasteiger partial charge in [0.05, 0.1) is 11.6 Å². The van der Waals surface area contributed by atoms with E-state index in [0.717, 1.165) is 54.0 Å². The quantitative estimate of drug-likeness (QED) is 0.878. The van der Waals surface area contributed by atoms with Crippen LogP contribution in [0.1, 0.15) is 63.8 Å². The van der Waals surface area contributed by atoms with Crippen LogP contribution in [-0.2, 0) is 5.41 Å². The molecule has 24 heavy (non-hydrogen) atoms. The van der Waals surface area contributed by atoms with Gasteiger partial charge in [0, 0.05) is 16.5 Å². The van der Waals surface area contributed by atoms with E-state index < -0.39 is 6.10 Å². The van der Waals surface area contributed by atoms with Crippen molar-refractivity contribution in [3.05, 3.63) is 41.6 Å². The number of nitrogens with one attached hydrogen (secondary N) is 1. The zero-order chi connectivity index (χ0) is 17.2. The van der Waals surface area contributed by atoms with Crippen molar-refractivity contribution in [2.75, 3.05) is 13.1 Å². The van der Waals surface area contributed by atoms with Gasteiger partial charge in [0.1, 0.15) is 0 Å². The summed E-state index contributed by atoms with van der Waals surface area (Å²) in [6, 6.07) is 10.3. The highest BCUT2D eigenvalue weighted by Crippen LogP contribution is 2.32.